The molecule has 0 atom stereocenters. The number of carbonyl (C=O) groups is 1. The van der Waals surface area contributed by atoms with Crippen LogP contribution in [0.5, 0.6) is 0 Å². The van der Waals surface area contributed by atoms with E-state index in [1.165, 1.54) is 9.58 Å². The van der Waals surface area contributed by atoms with Crippen LogP contribution < -0.4 is 5.56 Å². The van der Waals surface area contributed by atoms with Crippen molar-refractivity contribution in [2.24, 2.45) is 0 Å². The minimum atomic E-state index is -0.975. The van der Waals surface area contributed by atoms with E-state index in [-0.39, 0.29) is 12.1 Å². The standard InChI is InChI=1S/C12H12N4O3/c17-11-8-4-6-15(12(18)19)7-9(8)14-16(11)10-3-1-2-5-13-10/h1-3,5,14H,4,6-7H2,(H,18,19). The van der Waals surface area contributed by atoms with Gasteiger partial charge in [0.1, 0.15) is 0 Å². The van der Waals surface area contributed by atoms with Crippen molar-refractivity contribution in [2.75, 3.05) is 6.54 Å². The van der Waals surface area contributed by atoms with Crippen molar-refractivity contribution in [2.45, 2.75) is 13.0 Å². The van der Waals surface area contributed by atoms with Crippen LogP contribution in [-0.4, -0.2) is 37.4 Å². The Hall–Kier alpha value is -2.57. The third-order valence-electron chi connectivity index (χ3n) is 3.20. The number of carboxylic acid groups (broad SMARTS) is 1. The van der Waals surface area contributed by atoms with Crippen LogP contribution in [0.15, 0.2) is 29.2 Å². The third kappa shape index (κ3) is 1.88. The molecule has 0 saturated carbocycles. The second kappa shape index (κ2) is 4.27. The van der Waals surface area contributed by atoms with Crippen LogP contribution in [0.2, 0.25) is 0 Å². The van der Waals surface area contributed by atoms with E-state index in [0.717, 1.165) is 0 Å². The van der Waals surface area contributed by atoms with Crippen molar-refractivity contribution in [1.82, 2.24) is 19.7 Å². The number of nitrogens with zero attached hydrogens (tertiary/aromatic N) is 3. The fourth-order valence-corrected chi connectivity index (χ4v) is 2.23. The van der Waals surface area contributed by atoms with Crippen molar-refractivity contribution < 1.29 is 9.90 Å². The van der Waals surface area contributed by atoms with Crippen molar-refractivity contribution >= 4 is 6.09 Å². The Labute approximate surface area is 108 Å². The molecule has 0 saturated heterocycles. The largest absolute Gasteiger partial charge is 0.465 e. The molecular formula is C12H12N4O3. The van der Waals surface area contributed by atoms with Gasteiger partial charge in [-0.25, -0.2) is 14.5 Å². The first kappa shape index (κ1) is 11.5. The summed E-state index contributed by atoms with van der Waals surface area (Å²) in [4.78, 5) is 28.5. The highest BCUT2D eigenvalue weighted by molar-refractivity contribution is 5.65. The molecule has 7 heteroatoms. The van der Waals surface area contributed by atoms with Crippen LogP contribution in [-0.2, 0) is 13.0 Å². The number of fused-ring (bicyclic) bond motifs is 1. The highest BCUT2D eigenvalue weighted by Gasteiger charge is 2.25. The van der Waals surface area contributed by atoms with Crippen LogP contribution in [0.25, 0.3) is 5.82 Å². The lowest BCUT2D eigenvalue weighted by molar-refractivity contribution is 0.139. The van der Waals surface area contributed by atoms with Gasteiger partial charge in [0.25, 0.3) is 5.56 Å². The molecule has 0 unspecified atom stereocenters. The molecule has 0 spiro atoms. The Kier molecular flexibility index (Phi) is 2.59. The molecular weight excluding hydrogens is 248 g/mol. The average Bonchev–Trinajstić information content (AvgIpc) is 2.76. The number of nitrogens with one attached hydrogen (secondary N) is 1. The summed E-state index contributed by atoms with van der Waals surface area (Å²) in [6.07, 6.45) is 1.05. The van der Waals surface area contributed by atoms with Gasteiger partial charge in [-0.05, 0) is 18.6 Å². The van der Waals surface area contributed by atoms with Gasteiger partial charge < -0.3 is 10.0 Å². The highest BCUT2D eigenvalue weighted by atomic mass is 16.4. The second-order valence-corrected chi connectivity index (χ2v) is 4.35. The minimum Gasteiger partial charge on any atom is -0.465 e. The molecule has 7 nitrogen and oxygen atoms in total. The maximum Gasteiger partial charge on any atom is 0.407 e. The maximum atomic E-state index is 12.2. The number of aromatic nitrogens is 3. The zero-order chi connectivity index (χ0) is 13.4. The SMILES string of the molecule is O=C(O)N1CCc2c([nH]n(-c3ccccn3)c2=O)C1. The van der Waals surface area contributed by atoms with E-state index in [1.807, 2.05) is 0 Å². The molecule has 0 fully saturated rings. The van der Waals surface area contributed by atoms with E-state index in [9.17, 15) is 9.59 Å². The Balaban J connectivity index is 2.03. The van der Waals surface area contributed by atoms with Crippen molar-refractivity contribution in [3.8, 4) is 5.82 Å². The lowest BCUT2D eigenvalue weighted by Crippen LogP contribution is -2.35. The molecule has 0 aliphatic carbocycles. The molecule has 0 aromatic carbocycles. The molecule has 3 heterocycles. The monoisotopic (exact) mass is 260 g/mol. The maximum absolute atomic E-state index is 12.2. The van der Waals surface area contributed by atoms with Crippen LogP contribution in [0, 0.1) is 0 Å². The molecule has 98 valence electrons. The molecule has 3 rings (SSSR count). The molecule has 1 amide bonds. The van der Waals surface area contributed by atoms with Gasteiger partial charge in [-0.1, -0.05) is 6.07 Å². The van der Waals surface area contributed by atoms with E-state index in [1.54, 1.807) is 24.4 Å². The number of hydrogen-bond donors (Lipinski definition) is 2. The third-order valence-corrected chi connectivity index (χ3v) is 3.20. The van der Waals surface area contributed by atoms with Gasteiger partial charge in [0.05, 0.1) is 12.2 Å². The van der Waals surface area contributed by atoms with Gasteiger partial charge >= 0.3 is 6.09 Å². The number of H-pyrrole nitrogens is 1. The van der Waals surface area contributed by atoms with Crippen molar-refractivity contribution in [1.29, 1.82) is 0 Å². The number of amides is 1. The van der Waals surface area contributed by atoms with E-state index >= 15 is 0 Å². The summed E-state index contributed by atoms with van der Waals surface area (Å²) in [5, 5.41) is 11.9. The molecule has 2 N–H and O–H groups in total. The van der Waals surface area contributed by atoms with Crippen LogP contribution in [0.3, 0.4) is 0 Å². The Morgan fingerprint density at radius 3 is 2.95 bits per heavy atom. The Morgan fingerprint density at radius 1 is 1.42 bits per heavy atom. The van der Waals surface area contributed by atoms with Gasteiger partial charge in [-0.2, -0.15) is 0 Å². The van der Waals surface area contributed by atoms with Crippen LogP contribution in [0.4, 0.5) is 4.79 Å². The molecule has 1 aliphatic rings. The number of hydrogen-bond acceptors (Lipinski definition) is 3. The molecule has 2 aromatic rings. The first-order valence-electron chi connectivity index (χ1n) is 5.89. The van der Waals surface area contributed by atoms with Crippen LogP contribution >= 0.6 is 0 Å². The zero-order valence-electron chi connectivity index (χ0n) is 10.0. The fraction of sp³-hybridized carbons (Fsp3) is 0.250. The first-order chi connectivity index (χ1) is 9.16. The molecule has 0 bridgehead atoms. The highest BCUT2D eigenvalue weighted by Crippen LogP contribution is 2.15. The van der Waals surface area contributed by atoms with Gasteiger partial charge in [-0.3, -0.25) is 9.89 Å². The first-order valence-corrected chi connectivity index (χ1v) is 5.89. The van der Waals surface area contributed by atoms with E-state index < -0.39 is 6.09 Å². The van der Waals surface area contributed by atoms with E-state index in [0.29, 0.717) is 30.0 Å². The topological polar surface area (TPSA) is 91.2 Å². The Bertz CT molecular complexity index is 674. The molecule has 0 radical (unpaired) electrons. The predicted octanol–water partition coefficient (Wildman–Crippen LogP) is 0.597. The average molecular weight is 260 g/mol. The fourth-order valence-electron chi connectivity index (χ4n) is 2.23. The van der Waals surface area contributed by atoms with Crippen LogP contribution in [0.1, 0.15) is 11.3 Å². The number of pyridine rings is 1. The summed E-state index contributed by atoms with van der Waals surface area (Å²) in [7, 11) is 0. The lowest BCUT2D eigenvalue weighted by Gasteiger charge is -2.22. The Morgan fingerprint density at radius 2 is 2.26 bits per heavy atom. The van der Waals surface area contributed by atoms with Gasteiger partial charge in [0.15, 0.2) is 5.82 Å². The lowest BCUT2D eigenvalue weighted by atomic mass is 10.1. The van der Waals surface area contributed by atoms with Crippen molar-refractivity contribution in [3.05, 3.63) is 46.0 Å². The van der Waals surface area contributed by atoms with Gasteiger partial charge in [-0.15, -0.1) is 0 Å². The van der Waals surface area contributed by atoms with E-state index in [4.69, 9.17) is 5.11 Å². The zero-order valence-corrected chi connectivity index (χ0v) is 10.0. The van der Waals surface area contributed by atoms with Gasteiger partial charge in [0, 0.05) is 18.3 Å². The minimum absolute atomic E-state index is 0.154. The number of aromatic amines is 1. The van der Waals surface area contributed by atoms with E-state index in [2.05, 4.69) is 10.1 Å². The molecule has 1 aliphatic heterocycles. The summed E-state index contributed by atoms with van der Waals surface area (Å²) in [6, 6.07) is 5.28. The van der Waals surface area contributed by atoms with Gasteiger partial charge in [0.2, 0.25) is 0 Å². The molecule has 19 heavy (non-hydrogen) atoms. The number of rotatable bonds is 1. The summed E-state index contributed by atoms with van der Waals surface area (Å²) >= 11 is 0. The smallest absolute Gasteiger partial charge is 0.407 e. The summed E-state index contributed by atoms with van der Waals surface area (Å²) in [6.45, 7) is 0.553. The summed E-state index contributed by atoms with van der Waals surface area (Å²) in [5.74, 6) is 0.503. The predicted molar refractivity (Wildman–Crippen MR) is 66.3 cm³/mol. The van der Waals surface area contributed by atoms with Crippen molar-refractivity contribution in [3.63, 3.8) is 0 Å². The summed E-state index contributed by atoms with van der Waals surface area (Å²) in [5.41, 5.74) is 1.13. The molecule has 2 aromatic heterocycles. The summed E-state index contributed by atoms with van der Waals surface area (Å²) < 4.78 is 1.36. The quantitative estimate of drug-likeness (QED) is 0.785. The normalized spacial score (nSPS) is 14.2. The second-order valence-electron chi connectivity index (χ2n) is 4.35.